The molecule has 1 fully saturated rings. The average Bonchev–Trinajstić information content (AvgIpc) is 3.01. The van der Waals surface area contributed by atoms with Gasteiger partial charge in [0.05, 0.1) is 12.8 Å². The van der Waals surface area contributed by atoms with E-state index in [1.54, 1.807) is 0 Å². The molecule has 0 unspecified atom stereocenters. The minimum Gasteiger partial charge on any atom is -0.370 e. The number of hydrogen-bond acceptors (Lipinski definition) is 4. The molecule has 3 heterocycles. The zero-order valence-electron chi connectivity index (χ0n) is 12.5. The minimum absolute atomic E-state index is 0.0446. The van der Waals surface area contributed by atoms with Crippen molar-refractivity contribution in [1.29, 1.82) is 0 Å². The van der Waals surface area contributed by atoms with Crippen LogP contribution in [0.2, 0.25) is 0 Å². The average molecular weight is 294 g/mol. The van der Waals surface area contributed by atoms with Gasteiger partial charge >= 0.3 is 0 Å². The Morgan fingerprint density at radius 3 is 3.00 bits per heavy atom. The lowest BCUT2D eigenvalue weighted by Gasteiger charge is -2.34. The van der Waals surface area contributed by atoms with Crippen molar-refractivity contribution in [1.82, 2.24) is 14.8 Å². The van der Waals surface area contributed by atoms with E-state index in [9.17, 15) is 0 Å². The maximum Gasteiger partial charge on any atom is 0.136 e. The highest BCUT2D eigenvalue weighted by molar-refractivity contribution is 5.92. The molecule has 5 heteroatoms. The van der Waals surface area contributed by atoms with Crippen molar-refractivity contribution in [2.75, 3.05) is 24.6 Å². The Morgan fingerprint density at radius 2 is 2.14 bits per heavy atom. The first-order valence-electron chi connectivity index (χ1n) is 7.50. The zero-order valence-corrected chi connectivity index (χ0v) is 12.5. The van der Waals surface area contributed by atoms with Crippen molar-refractivity contribution in [3.63, 3.8) is 0 Å². The zero-order chi connectivity index (χ0) is 14.9. The molecule has 0 spiro atoms. The summed E-state index contributed by atoms with van der Waals surface area (Å²) in [5.74, 6) is 1.04. The van der Waals surface area contributed by atoms with Crippen molar-refractivity contribution in [3.8, 4) is 0 Å². The van der Waals surface area contributed by atoms with Gasteiger partial charge in [-0.1, -0.05) is 24.3 Å². The molecule has 1 atom stereocenters. The van der Waals surface area contributed by atoms with Gasteiger partial charge in [0.1, 0.15) is 11.9 Å². The van der Waals surface area contributed by atoms with Crippen LogP contribution in [0.5, 0.6) is 0 Å². The topological polar surface area (TPSA) is 43.2 Å². The summed E-state index contributed by atoms with van der Waals surface area (Å²) in [6, 6.07) is 10.4. The first-order valence-corrected chi connectivity index (χ1v) is 7.50. The van der Waals surface area contributed by atoms with E-state index >= 15 is 0 Å². The number of fused-ring (bicyclic) bond motifs is 1. The molecule has 0 bridgehead atoms. The van der Waals surface area contributed by atoms with E-state index in [-0.39, 0.29) is 6.10 Å². The Hall–Kier alpha value is -2.40. The Labute approximate surface area is 129 Å². The number of pyridine rings is 1. The standard InChI is InChI=1S/C17H18N4O/c1-20-11-14(10-19-20)16-12-21(8-9-22-16)17-15-5-3-2-4-13(15)6-7-18-17/h2-7,10-11,16H,8-9,12H2,1H3/t16-/m1/s1. The smallest absolute Gasteiger partial charge is 0.136 e. The summed E-state index contributed by atoms with van der Waals surface area (Å²) in [6.45, 7) is 2.36. The van der Waals surface area contributed by atoms with Crippen LogP contribution in [-0.2, 0) is 11.8 Å². The van der Waals surface area contributed by atoms with Crippen molar-refractivity contribution in [3.05, 3.63) is 54.5 Å². The molecule has 3 aromatic rings. The molecule has 1 aliphatic rings. The maximum absolute atomic E-state index is 5.92. The maximum atomic E-state index is 5.92. The summed E-state index contributed by atoms with van der Waals surface area (Å²) >= 11 is 0. The number of anilines is 1. The first kappa shape index (κ1) is 13.3. The fourth-order valence-electron chi connectivity index (χ4n) is 3.01. The van der Waals surface area contributed by atoms with E-state index in [0.717, 1.165) is 24.5 Å². The van der Waals surface area contributed by atoms with Gasteiger partial charge in [-0.05, 0) is 11.5 Å². The molecule has 22 heavy (non-hydrogen) atoms. The van der Waals surface area contributed by atoms with Gasteiger partial charge in [0, 0.05) is 43.5 Å². The van der Waals surface area contributed by atoms with Gasteiger partial charge in [-0.15, -0.1) is 0 Å². The molecule has 0 saturated carbocycles. The molecule has 4 rings (SSSR count). The van der Waals surface area contributed by atoms with E-state index in [1.807, 2.05) is 30.3 Å². The number of aryl methyl sites for hydroxylation is 1. The summed E-state index contributed by atoms with van der Waals surface area (Å²) in [5, 5.41) is 6.65. The Balaban J connectivity index is 1.67. The molecule has 0 radical (unpaired) electrons. The van der Waals surface area contributed by atoms with Gasteiger partial charge < -0.3 is 9.64 Å². The molecule has 112 valence electrons. The first-order chi connectivity index (χ1) is 10.8. The second-order valence-corrected chi connectivity index (χ2v) is 5.61. The second-order valence-electron chi connectivity index (χ2n) is 5.61. The fraction of sp³-hybridized carbons (Fsp3) is 0.294. The lowest BCUT2D eigenvalue weighted by atomic mass is 10.1. The van der Waals surface area contributed by atoms with E-state index in [1.165, 1.54) is 10.8 Å². The normalized spacial score (nSPS) is 18.8. The number of morpholine rings is 1. The van der Waals surface area contributed by atoms with Crippen molar-refractivity contribution < 1.29 is 4.74 Å². The third-order valence-electron chi connectivity index (χ3n) is 4.12. The van der Waals surface area contributed by atoms with Crippen LogP contribution in [0, 0.1) is 0 Å². The predicted octanol–water partition coefficient (Wildman–Crippen LogP) is 2.55. The minimum atomic E-state index is 0.0446. The lowest BCUT2D eigenvalue weighted by molar-refractivity contribution is 0.0396. The molecular formula is C17H18N4O. The number of rotatable bonds is 2. The van der Waals surface area contributed by atoms with E-state index in [0.29, 0.717) is 6.61 Å². The van der Waals surface area contributed by atoms with Crippen LogP contribution in [0.15, 0.2) is 48.9 Å². The predicted molar refractivity (Wildman–Crippen MR) is 85.9 cm³/mol. The van der Waals surface area contributed by atoms with E-state index in [4.69, 9.17) is 4.74 Å². The quantitative estimate of drug-likeness (QED) is 0.728. The summed E-state index contributed by atoms with van der Waals surface area (Å²) < 4.78 is 7.73. The molecule has 1 saturated heterocycles. The SMILES string of the molecule is Cn1cc([C@H]2CN(c3nccc4ccccc34)CCO2)cn1. The summed E-state index contributed by atoms with van der Waals surface area (Å²) in [4.78, 5) is 6.92. The van der Waals surface area contributed by atoms with Crippen molar-refractivity contribution >= 4 is 16.6 Å². The highest BCUT2D eigenvalue weighted by Crippen LogP contribution is 2.29. The lowest BCUT2D eigenvalue weighted by Crippen LogP contribution is -2.38. The summed E-state index contributed by atoms with van der Waals surface area (Å²) in [5.41, 5.74) is 1.12. The second kappa shape index (κ2) is 5.42. The third-order valence-corrected chi connectivity index (χ3v) is 4.12. The number of hydrogen-bond donors (Lipinski definition) is 0. The highest BCUT2D eigenvalue weighted by Gasteiger charge is 2.24. The third kappa shape index (κ3) is 2.33. The van der Waals surface area contributed by atoms with Crippen LogP contribution in [-0.4, -0.2) is 34.5 Å². The van der Waals surface area contributed by atoms with Crippen molar-refractivity contribution in [2.24, 2.45) is 7.05 Å². The monoisotopic (exact) mass is 294 g/mol. The molecule has 0 aliphatic carbocycles. The number of nitrogens with zero attached hydrogens (tertiary/aromatic N) is 4. The summed E-state index contributed by atoms with van der Waals surface area (Å²) in [6.07, 6.45) is 5.82. The molecule has 1 aromatic carbocycles. The van der Waals surface area contributed by atoms with Crippen molar-refractivity contribution in [2.45, 2.75) is 6.10 Å². The van der Waals surface area contributed by atoms with Gasteiger partial charge in [0.15, 0.2) is 0 Å². The van der Waals surface area contributed by atoms with Crippen LogP contribution in [0.3, 0.4) is 0 Å². The van der Waals surface area contributed by atoms with Gasteiger partial charge in [-0.2, -0.15) is 5.10 Å². The Kier molecular flexibility index (Phi) is 3.27. The molecule has 1 aliphatic heterocycles. The highest BCUT2D eigenvalue weighted by atomic mass is 16.5. The molecule has 0 N–H and O–H groups in total. The number of benzene rings is 1. The molecule has 0 amide bonds. The van der Waals surface area contributed by atoms with Crippen LogP contribution in [0.1, 0.15) is 11.7 Å². The molecule has 5 nitrogen and oxygen atoms in total. The van der Waals surface area contributed by atoms with E-state index < -0.39 is 0 Å². The van der Waals surface area contributed by atoms with Crippen LogP contribution in [0.25, 0.3) is 10.8 Å². The fourth-order valence-corrected chi connectivity index (χ4v) is 3.01. The molecular weight excluding hydrogens is 276 g/mol. The number of aromatic nitrogens is 3. The van der Waals surface area contributed by atoms with Gasteiger partial charge in [-0.3, -0.25) is 4.68 Å². The Bertz CT molecular complexity index is 793. The van der Waals surface area contributed by atoms with Gasteiger partial charge in [-0.25, -0.2) is 4.98 Å². The van der Waals surface area contributed by atoms with Gasteiger partial charge in [0.2, 0.25) is 0 Å². The summed E-state index contributed by atoms with van der Waals surface area (Å²) in [7, 11) is 1.93. The Morgan fingerprint density at radius 1 is 1.23 bits per heavy atom. The number of ether oxygens (including phenoxy) is 1. The van der Waals surface area contributed by atoms with Gasteiger partial charge in [0.25, 0.3) is 0 Å². The van der Waals surface area contributed by atoms with E-state index in [2.05, 4.69) is 45.3 Å². The van der Waals surface area contributed by atoms with Crippen LogP contribution < -0.4 is 4.90 Å². The van der Waals surface area contributed by atoms with Crippen LogP contribution >= 0.6 is 0 Å². The van der Waals surface area contributed by atoms with Crippen LogP contribution in [0.4, 0.5) is 5.82 Å². The molecule has 2 aromatic heterocycles. The largest absolute Gasteiger partial charge is 0.370 e.